The van der Waals surface area contributed by atoms with Crippen molar-refractivity contribution in [2.75, 3.05) is 0 Å². The Morgan fingerprint density at radius 3 is 2.57 bits per heavy atom. The van der Waals surface area contributed by atoms with Gasteiger partial charge in [0.1, 0.15) is 5.78 Å². The van der Waals surface area contributed by atoms with Crippen LogP contribution in [0.4, 0.5) is 0 Å². The van der Waals surface area contributed by atoms with E-state index in [4.69, 9.17) is 5.73 Å². The highest BCUT2D eigenvalue weighted by Gasteiger charge is 2.59. The van der Waals surface area contributed by atoms with E-state index >= 15 is 0 Å². The molecule has 4 nitrogen and oxygen atoms in total. The number of carbonyl (C=O) groups is 2. The van der Waals surface area contributed by atoms with Crippen molar-refractivity contribution in [3.8, 4) is 0 Å². The summed E-state index contributed by atoms with van der Waals surface area (Å²) >= 11 is 0. The van der Waals surface area contributed by atoms with Crippen molar-refractivity contribution in [1.82, 2.24) is 5.32 Å². The molecule has 4 rings (SSSR count). The third-order valence-electron chi connectivity index (χ3n) is 9.35. The quantitative estimate of drug-likeness (QED) is 0.721. The van der Waals surface area contributed by atoms with Crippen LogP contribution in [0, 0.1) is 34.5 Å². The van der Waals surface area contributed by atoms with Crippen LogP contribution in [0.3, 0.4) is 0 Å². The molecule has 1 amide bonds. The first kappa shape index (κ1) is 20.1. The van der Waals surface area contributed by atoms with Gasteiger partial charge in [-0.25, -0.2) is 0 Å². The molecule has 0 saturated heterocycles. The average molecular weight is 387 g/mol. The van der Waals surface area contributed by atoms with Crippen LogP contribution in [-0.4, -0.2) is 23.8 Å². The van der Waals surface area contributed by atoms with Crippen LogP contribution in [0.25, 0.3) is 0 Å². The van der Waals surface area contributed by atoms with Crippen LogP contribution in [0.1, 0.15) is 79.1 Å². The number of amides is 1. The van der Waals surface area contributed by atoms with Crippen molar-refractivity contribution in [1.29, 1.82) is 0 Å². The van der Waals surface area contributed by atoms with Gasteiger partial charge in [0.2, 0.25) is 5.91 Å². The number of allylic oxidation sites excluding steroid dienone is 1. The smallest absolute Gasteiger partial charge is 0.236 e. The number of nitrogens with two attached hydrogens (primary N) is 1. The highest BCUT2D eigenvalue weighted by molar-refractivity contribution is 5.81. The number of Topliss-reactive ketones (excluding diaryl/α,β-unsaturated/α-hetero) is 1. The Hall–Kier alpha value is -1.16. The van der Waals surface area contributed by atoms with Gasteiger partial charge in [-0.1, -0.05) is 25.5 Å². The molecule has 0 radical (unpaired) electrons. The minimum absolute atomic E-state index is 0.0300. The molecule has 3 fully saturated rings. The van der Waals surface area contributed by atoms with Gasteiger partial charge in [0.15, 0.2) is 0 Å². The van der Waals surface area contributed by atoms with E-state index in [1.807, 2.05) is 6.92 Å². The molecule has 0 aromatic carbocycles. The van der Waals surface area contributed by atoms with Gasteiger partial charge in [-0.3, -0.25) is 9.59 Å². The monoisotopic (exact) mass is 386 g/mol. The van der Waals surface area contributed by atoms with E-state index < -0.39 is 6.04 Å². The predicted octanol–water partition coefficient (Wildman–Crippen LogP) is 3.99. The molecule has 3 saturated carbocycles. The molecule has 4 aliphatic carbocycles. The van der Waals surface area contributed by atoms with Gasteiger partial charge in [0.05, 0.1) is 6.04 Å². The minimum atomic E-state index is -0.439. The summed E-state index contributed by atoms with van der Waals surface area (Å²) < 4.78 is 0. The van der Waals surface area contributed by atoms with Gasteiger partial charge in [0.25, 0.3) is 0 Å². The first-order chi connectivity index (χ1) is 13.2. The highest BCUT2D eigenvalue weighted by atomic mass is 16.2. The van der Waals surface area contributed by atoms with Crippen LogP contribution in [0.2, 0.25) is 0 Å². The molecule has 28 heavy (non-hydrogen) atoms. The van der Waals surface area contributed by atoms with E-state index in [9.17, 15) is 9.59 Å². The van der Waals surface area contributed by atoms with Crippen molar-refractivity contribution in [3.05, 3.63) is 11.6 Å². The lowest BCUT2D eigenvalue weighted by atomic mass is 9.47. The molecule has 8 atom stereocenters. The standard InChI is InChI=1S/C24H38N2O2/c1-14(25)22(28)26-17-9-11-23(3)16(13-17)5-6-18-20-8-7-19(15(2)27)24(20,4)12-10-21(18)23/h5,14,17-21H,6-13,25H2,1-4H3,(H,26,28)/t14-,17?,18-,19+,20-,21-,23-,24+/m0/s1. The maximum atomic E-state index is 12.3. The first-order valence-electron chi connectivity index (χ1n) is 11.4. The van der Waals surface area contributed by atoms with Crippen LogP contribution >= 0.6 is 0 Å². The third-order valence-corrected chi connectivity index (χ3v) is 9.35. The van der Waals surface area contributed by atoms with E-state index in [0.717, 1.165) is 43.9 Å². The number of rotatable bonds is 3. The molecule has 0 spiro atoms. The summed E-state index contributed by atoms with van der Waals surface area (Å²) in [5.41, 5.74) is 7.80. The summed E-state index contributed by atoms with van der Waals surface area (Å²) in [5, 5.41) is 3.16. The average Bonchev–Trinajstić information content (AvgIpc) is 2.99. The number of ketones is 1. The molecule has 0 heterocycles. The fourth-order valence-corrected chi connectivity index (χ4v) is 7.78. The summed E-state index contributed by atoms with van der Waals surface area (Å²) in [5.74, 6) is 2.82. The van der Waals surface area contributed by atoms with Crippen LogP contribution in [0.15, 0.2) is 11.6 Å². The lowest BCUT2D eigenvalue weighted by Crippen LogP contribution is -2.53. The lowest BCUT2D eigenvalue weighted by molar-refractivity contribution is -0.127. The van der Waals surface area contributed by atoms with Gasteiger partial charge in [-0.05, 0) is 93.8 Å². The molecule has 4 aliphatic rings. The Morgan fingerprint density at radius 1 is 1.14 bits per heavy atom. The number of hydrogen-bond acceptors (Lipinski definition) is 3. The van der Waals surface area contributed by atoms with E-state index in [1.165, 1.54) is 19.3 Å². The summed E-state index contributed by atoms with van der Waals surface area (Å²) in [7, 11) is 0. The highest BCUT2D eigenvalue weighted by Crippen LogP contribution is 2.66. The molecule has 1 unspecified atom stereocenters. The maximum Gasteiger partial charge on any atom is 0.236 e. The van der Waals surface area contributed by atoms with Crippen LogP contribution in [-0.2, 0) is 9.59 Å². The predicted molar refractivity (Wildman–Crippen MR) is 111 cm³/mol. The molecule has 0 bridgehead atoms. The largest absolute Gasteiger partial charge is 0.352 e. The van der Waals surface area contributed by atoms with Crippen LogP contribution < -0.4 is 11.1 Å². The molecule has 4 heteroatoms. The third kappa shape index (κ3) is 2.98. The van der Waals surface area contributed by atoms with E-state index in [0.29, 0.717) is 11.7 Å². The topological polar surface area (TPSA) is 72.2 Å². The fourth-order valence-electron chi connectivity index (χ4n) is 7.78. The number of carbonyl (C=O) groups excluding carboxylic acids is 2. The zero-order valence-corrected chi connectivity index (χ0v) is 18.1. The second-order valence-electron chi connectivity index (χ2n) is 10.8. The zero-order chi connectivity index (χ0) is 20.3. The Balaban J connectivity index is 1.54. The molecular weight excluding hydrogens is 348 g/mol. The van der Waals surface area contributed by atoms with Crippen molar-refractivity contribution < 1.29 is 9.59 Å². The van der Waals surface area contributed by atoms with Gasteiger partial charge >= 0.3 is 0 Å². The van der Waals surface area contributed by atoms with Crippen molar-refractivity contribution in [2.45, 2.75) is 91.1 Å². The van der Waals surface area contributed by atoms with Gasteiger partial charge in [-0.15, -0.1) is 0 Å². The Kier molecular flexibility index (Phi) is 5.01. The Labute approximate surface area is 170 Å². The maximum absolute atomic E-state index is 12.3. The van der Waals surface area contributed by atoms with E-state index in [2.05, 4.69) is 25.2 Å². The van der Waals surface area contributed by atoms with Crippen LogP contribution in [0.5, 0.6) is 0 Å². The van der Waals surface area contributed by atoms with Crippen molar-refractivity contribution in [2.24, 2.45) is 40.2 Å². The Morgan fingerprint density at radius 2 is 1.89 bits per heavy atom. The summed E-state index contributed by atoms with van der Waals surface area (Å²) in [4.78, 5) is 24.3. The molecule has 0 aromatic rings. The zero-order valence-electron chi connectivity index (χ0n) is 18.1. The Bertz CT molecular complexity index is 699. The number of fused-ring (bicyclic) bond motifs is 5. The second-order valence-corrected chi connectivity index (χ2v) is 10.8. The molecule has 0 aliphatic heterocycles. The number of hydrogen-bond donors (Lipinski definition) is 2. The van der Waals surface area contributed by atoms with Crippen molar-refractivity contribution >= 4 is 11.7 Å². The second kappa shape index (κ2) is 6.97. The first-order valence-corrected chi connectivity index (χ1v) is 11.4. The lowest BCUT2D eigenvalue weighted by Gasteiger charge is -2.58. The summed E-state index contributed by atoms with van der Waals surface area (Å²) in [6, 6.07) is -0.206. The van der Waals surface area contributed by atoms with Gasteiger partial charge in [-0.2, -0.15) is 0 Å². The van der Waals surface area contributed by atoms with Gasteiger partial charge < -0.3 is 11.1 Å². The fraction of sp³-hybridized carbons (Fsp3) is 0.833. The molecule has 0 aromatic heterocycles. The van der Waals surface area contributed by atoms with E-state index in [1.54, 1.807) is 12.5 Å². The van der Waals surface area contributed by atoms with Crippen molar-refractivity contribution in [3.63, 3.8) is 0 Å². The minimum Gasteiger partial charge on any atom is -0.352 e. The normalized spacial score (nSPS) is 45.9. The summed E-state index contributed by atoms with van der Waals surface area (Å²) in [6.07, 6.45) is 11.6. The van der Waals surface area contributed by atoms with E-state index in [-0.39, 0.29) is 28.7 Å². The number of nitrogens with one attached hydrogen (secondary N) is 1. The molecular formula is C24H38N2O2. The molecule has 3 N–H and O–H groups in total. The SMILES string of the molecule is CC(=O)[C@H]1CC[C@H]2[C@@H]3CC=C4CC(NC(=O)[C@H](C)N)CC[C@]4(C)[C@H]3CC[C@]12C. The van der Waals surface area contributed by atoms with Gasteiger partial charge in [0, 0.05) is 12.0 Å². The summed E-state index contributed by atoms with van der Waals surface area (Å²) in [6.45, 7) is 8.46. The molecule has 156 valence electrons.